The first-order chi connectivity index (χ1) is 9.47. The highest BCUT2D eigenvalue weighted by Crippen LogP contribution is 2.25. The monoisotopic (exact) mass is 266 g/mol. The van der Waals surface area contributed by atoms with Crippen molar-refractivity contribution in [3.8, 4) is 0 Å². The highest BCUT2D eigenvalue weighted by molar-refractivity contribution is 6.12. The van der Waals surface area contributed by atoms with Crippen LogP contribution in [0.2, 0.25) is 0 Å². The summed E-state index contributed by atoms with van der Waals surface area (Å²) in [7, 11) is 0. The second kappa shape index (κ2) is 5.62. The van der Waals surface area contributed by atoms with Crippen LogP contribution in [-0.4, -0.2) is 5.78 Å². The molecule has 0 spiro atoms. The molecule has 0 saturated carbocycles. The molecule has 0 saturated heterocycles. The van der Waals surface area contributed by atoms with Crippen molar-refractivity contribution in [2.45, 2.75) is 41.0 Å². The van der Waals surface area contributed by atoms with E-state index < -0.39 is 0 Å². The molecular weight excluding hydrogens is 244 g/mol. The molecule has 0 radical (unpaired) electrons. The normalized spacial score (nSPS) is 10.7. The first-order valence-corrected chi connectivity index (χ1v) is 7.17. The summed E-state index contributed by atoms with van der Waals surface area (Å²) in [6, 6.07) is 10.1. The Hall–Kier alpha value is -1.89. The Kier molecular flexibility index (Phi) is 4.08. The Labute approximate surface area is 121 Å². The van der Waals surface area contributed by atoms with E-state index in [0.717, 1.165) is 34.2 Å². The number of aryl methyl sites for hydroxylation is 3. The minimum atomic E-state index is 0.157. The average Bonchev–Trinajstić information content (AvgIpc) is 2.45. The quantitative estimate of drug-likeness (QED) is 0.735. The van der Waals surface area contributed by atoms with Crippen molar-refractivity contribution in [1.29, 1.82) is 0 Å². The lowest BCUT2D eigenvalue weighted by atomic mass is 9.87. The van der Waals surface area contributed by atoms with Gasteiger partial charge in [0, 0.05) is 11.1 Å². The molecule has 104 valence electrons. The molecule has 0 N–H and O–H groups in total. The zero-order chi connectivity index (χ0) is 14.9. The van der Waals surface area contributed by atoms with Gasteiger partial charge in [-0.15, -0.1) is 0 Å². The van der Waals surface area contributed by atoms with E-state index in [1.54, 1.807) is 0 Å². The summed E-state index contributed by atoms with van der Waals surface area (Å²) >= 11 is 0. The van der Waals surface area contributed by atoms with Gasteiger partial charge in [0.15, 0.2) is 5.78 Å². The van der Waals surface area contributed by atoms with Crippen LogP contribution in [0.15, 0.2) is 30.3 Å². The molecule has 1 heteroatoms. The summed E-state index contributed by atoms with van der Waals surface area (Å²) in [4.78, 5) is 13.0. The number of hydrogen-bond acceptors (Lipinski definition) is 1. The fourth-order valence-corrected chi connectivity index (χ4v) is 2.74. The number of ketones is 1. The van der Waals surface area contributed by atoms with Gasteiger partial charge in [-0.3, -0.25) is 4.79 Å². The van der Waals surface area contributed by atoms with Crippen LogP contribution < -0.4 is 0 Å². The van der Waals surface area contributed by atoms with Crippen molar-refractivity contribution in [2.24, 2.45) is 0 Å². The van der Waals surface area contributed by atoms with Crippen molar-refractivity contribution < 1.29 is 4.79 Å². The number of rotatable bonds is 3. The Balaban J connectivity index is 2.66. The van der Waals surface area contributed by atoms with Gasteiger partial charge in [-0.1, -0.05) is 37.3 Å². The van der Waals surface area contributed by atoms with Crippen LogP contribution in [0.3, 0.4) is 0 Å². The Morgan fingerprint density at radius 3 is 2.05 bits per heavy atom. The maximum Gasteiger partial charge on any atom is 0.193 e. The highest BCUT2D eigenvalue weighted by atomic mass is 16.1. The van der Waals surface area contributed by atoms with Gasteiger partial charge in [-0.25, -0.2) is 0 Å². The van der Waals surface area contributed by atoms with Gasteiger partial charge in [0.25, 0.3) is 0 Å². The molecule has 20 heavy (non-hydrogen) atoms. The topological polar surface area (TPSA) is 17.1 Å². The van der Waals surface area contributed by atoms with E-state index in [1.807, 2.05) is 38.1 Å². The molecule has 0 atom stereocenters. The van der Waals surface area contributed by atoms with Crippen molar-refractivity contribution in [2.75, 3.05) is 0 Å². The van der Waals surface area contributed by atoms with Gasteiger partial charge in [0.1, 0.15) is 0 Å². The zero-order valence-electron chi connectivity index (χ0n) is 13.0. The molecule has 0 unspecified atom stereocenters. The summed E-state index contributed by atoms with van der Waals surface area (Å²) < 4.78 is 0. The second-order valence-corrected chi connectivity index (χ2v) is 5.48. The predicted octanol–water partition coefficient (Wildman–Crippen LogP) is 4.71. The van der Waals surface area contributed by atoms with Gasteiger partial charge in [0.2, 0.25) is 0 Å². The lowest BCUT2D eigenvalue weighted by Gasteiger charge is -2.15. The van der Waals surface area contributed by atoms with Crippen molar-refractivity contribution in [3.05, 3.63) is 69.3 Å². The molecule has 0 aromatic heterocycles. The third kappa shape index (κ3) is 2.40. The van der Waals surface area contributed by atoms with E-state index in [4.69, 9.17) is 0 Å². The Morgan fingerprint density at radius 1 is 0.950 bits per heavy atom. The molecule has 2 aromatic carbocycles. The summed E-state index contributed by atoms with van der Waals surface area (Å²) in [5.74, 6) is 0.157. The molecule has 2 aromatic rings. The van der Waals surface area contributed by atoms with Crippen LogP contribution in [0.25, 0.3) is 0 Å². The molecule has 0 aliphatic rings. The standard InChI is InChI=1S/C19H22O/c1-6-16-9-7-8-10-17(16)19(20)18-14(4)12(2)11-13(3)15(18)5/h7-11H,6H2,1-5H3. The molecule has 0 aliphatic heterocycles. The molecule has 1 nitrogen and oxygen atoms in total. The van der Waals surface area contributed by atoms with Gasteiger partial charge in [-0.2, -0.15) is 0 Å². The smallest absolute Gasteiger partial charge is 0.193 e. The van der Waals surface area contributed by atoms with E-state index in [9.17, 15) is 4.79 Å². The van der Waals surface area contributed by atoms with Crippen LogP contribution >= 0.6 is 0 Å². The molecule has 0 bridgehead atoms. The van der Waals surface area contributed by atoms with Gasteiger partial charge in [-0.05, 0) is 61.9 Å². The molecule has 0 heterocycles. The maximum atomic E-state index is 13.0. The fourth-order valence-electron chi connectivity index (χ4n) is 2.74. The summed E-state index contributed by atoms with van der Waals surface area (Å²) in [6.45, 7) is 10.3. The molecule has 0 aliphatic carbocycles. The highest BCUT2D eigenvalue weighted by Gasteiger charge is 2.19. The molecule has 0 fully saturated rings. The predicted molar refractivity (Wildman–Crippen MR) is 84.6 cm³/mol. The number of carbonyl (C=O) groups excluding carboxylic acids is 1. The number of benzene rings is 2. The number of hydrogen-bond donors (Lipinski definition) is 0. The lowest BCUT2D eigenvalue weighted by molar-refractivity contribution is 0.103. The molecule has 2 rings (SSSR count). The Bertz CT molecular complexity index is 639. The van der Waals surface area contributed by atoms with Crippen molar-refractivity contribution in [1.82, 2.24) is 0 Å². The van der Waals surface area contributed by atoms with E-state index in [2.05, 4.69) is 26.8 Å². The summed E-state index contributed by atoms with van der Waals surface area (Å²) in [6.07, 6.45) is 0.880. The van der Waals surface area contributed by atoms with Crippen LogP contribution in [-0.2, 0) is 6.42 Å². The van der Waals surface area contributed by atoms with Crippen molar-refractivity contribution in [3.63, 3.8) is 0 Å². The minimum absolute atomic E-state index is 0.157. The first-order valence-electron chi connectivity index (χ1n) is 7.17. The van der Waals surface area contributed by atoms with Crippen LogP contribution in [0.1, 0.15) is 50.7 Å². The van der Waals surface area contributed by atoms with Crippen LogP contribution in [0.5, 0.6) is 0 Å². The average molecular weight is 266 g/mol. The maximum absolute atomic E-state index is 13.0. The first kappa shape index (κ1) is 14.5. The lowest BCUT2D eigenvalue weighted by Crippen LogP contribution is -2.11. The van der Waals surface area contributed by atoms with Gasteiger partial charge in [0.05, 0.1) is 0 Å². The largest absolute Gasteiger partial charge is 0.289 e. The fraction of sp³-hybridized carbons (Fsp3) is 0.316. The summed E-state index contributed by atoms with van der Waals surface area (Å²) in [5.41, 5.74) is 7.41. The van der Waals surface area contributed by atoms with Crippen LogP contribution in [0, 0.1) is 27.7 Å². The second-order valence-electron chi connectivity index (χ2n) is 5.48. The van der Waals surface area contributed by atoms with E-state index in [1.165, 1.54) is 11.1 Å². The Morgan fingerprint density at radius 2 is 1.50 bits per heavy atom. The van der Waals surface area contributed by atoms with E-state index >= 15 is 0 Å². The summed E-state index contributed by atoms with van der Waals surface area (Å²) in [5, 5.41) is 0. The van der Waals surface area contributed by atoms with Crippen molar-refractivity contribution >= 4 is 5.78 Å². The van der Waals surface area contributed by atoms with Gasteiger partial charge >= 0.3 is 0 Å². The third-order valence-electron chi connectivity index (χ3n) is 4.24. The molecular formula is C19H22O. The van der Waals surface area contributed by atoms with E-state index in [0.29, 0.717) is 0 Å². The zero-order valence-corrected chi connectivity index (χ0v) is 13.0. The third-order valence-corrected chi connectivity index (χ3v) is 4.24. The SMILES string of the molecule is CCc1ccccc1C(=O)c1c(C)c(C)cc(C)c1C. The van der Waals surface area contributed by atoms with Gasteiger partial charge < -0.3 is 0 Å². The van der Waals surface area contributed by atoms with Crippen LogP contribution in [0.4, 0.5) is 0 Å². The molecule has 0 amide bonds. The number of carbonyl (C=O) groups is 1. The van der Waals surface area contributed by atoms with E-state index in [-0.39, 0.29) is 5.78 Å². The minimum Gasteiger partial charge on any atom is -0.289 e.